The summed E-state index contributed by atoms with van der Waals surface area (Å²) in [6.45, 7) is 0.513. The highest BCUT2D eigenvalue weighted by Crippen LogP contribution is 2.31. The van der Waals surface area contributed by atoms with Crippen LogP contribution in [-0.2, 0) is 17.9 Å². The van der Waals surface area contributed by atoms with E-state index in [0.717, 1.165) is 5.56 Å². The molecule has 3 aromatic carbocycles. The van der Waals surface area contributed by atoms with Crippen molar-refractivity contribution in [3.05, 3.63) is 83.7 Å². The molecule has 3 aromatic rings. The number of rotatable bonds is 7. The fourth-order valence-electron chi connectivity index (χ4n) is 3.16. The second kappa shape index (κ2) is 9.38. The van der Waals surface area contributed by atoms with Gasteiger partial charge in [-0.2, -0.15) is 0 Å². The molecule has 1 aliphatic heterocycles. The number of hydrogen-bond donors (Lipinski definition) is 1. The van der Waals surface area contributed by atoms with Crippen molar-refractivity contribution in [2.45, 2.75) is 19.3 Å². The monoisotopic (exact) mass is 423 g/mol. The Labute approximate surface area is 179 Å². The van der Waals surface area contributed by atoms with Gasteiger partial charge >= 0.3 is 0 Å². The molecule has 1 atom stereocenters. The van der Waals surface area contributed by atoms with Crippen LogP contribution in [0.3, 0.4) is 0 Å². The number of carbonyl (C=O) groups is 1. The summed E-state index contributed by atoms with van der Waals surface area (Å²) >= 11 is 0. The molecule has 0 saturated carbocycles. The summed E-state index contributed by atoms with van der Waals surface area (Å²) < 4.78 is 36.2. The first-order valence-corrected chi connectivity index (χ1v) is 9.83. The molecule has 31 heavy (non-hydrogen) atoms. The fraction of sp³-hybridized carbons (Fsp3) is 0.208. The summed E-state index contributed by atoms with van der Waals surface area (Å²) in [5.74, 6) is 1.57. The van der Waals surface area contributed by atoms with Crippen molar-refractivity contribution in [3.63, 3.8) is 0 Å². The average molecular weight is 423 g/mol. The Kier molecular flexibility index (Phi) is 6.21. The summed E-state index contributed by atoms with van der Waals surface area (Å²) in [5.41, 5.74) is 1.28. The number of para-hydroxylation sites is 2. The fourth-order valence-corrected chi connectivity index (χ4v) is 3.16. The third-order valence-electron chi connectivity index (χ3n) is 4.84. The molecule has 0 aliphatic carbocycles. The summed E-state index contributed by atoms with van der Waals surface area (Å²) in [4.78, 5) is 12.5. The molecule has 0 aromatic heterocycles. The molecule has 4 rings (SSSR count). The van der Waals surface area contributed by atoms with E-state index in [-0.39, 0.29) is 31.5 Å². The van der Waals surface area contributed by atoms with E-state index in [2.05, 4.69) is 5.32 Å². The normalized spacial score (nSPS) is 14.6. The number of benzene rings is 3. The van der Waals surface area contributed by atoms with Gasteiger partial charge < -0.3 is 24.3 Å². The van der Waals surface area contributed by atoms with Gasteiger partial charge in [0.2, 0.25) is 6.10 Å². The van der Waals surface area contributed by atoms with Gasteiger partial charge in [-0.3, -0.25) is 4.79 Å². The Morgan fingerprint density at radius 1 is 1.06 bits per heavy atom. The number of amides is 1. The molecule has 1 amide bonds. The zero-order valence-corrected chi connectivity index (χ0v) is 17.0. The molecule has 160 valence electrons. The Bertz CT molecular complexity index is 1070. The van der Waals surface area contributed by atoms with Crippen molar-refractivity contribution in [1.29, 1.82) is 0 Å². The van der Waals surface area contributed by atoms with Crippen molar-refractivity contribution in [2.75, 3.05) is 13.7 Å². The summed E-state index contributed by atoms with van der Waals surface area (Å²) in [6, 6.07) is 19.0. The molecule has 0 saturated heterocycles. The molecule has 1 aliphatic rings. The second-order valence-electron chi connectivity index (χ2n) is 6.95. The first-order chi connectivity index (χ1) is 15.1. The van der Waals surface area contributed by atoms with Gasteiger partial charge in [0.1, 0.15) is 19.0 Å². The lowest BCUT2D eigenvalue weighted by Gasteiger charge is -2.25. The predicted octanol–water partition coefficient (Wildman–Crippen LogP) is 3.87. The predicted molar refractivity (Wildman–Crippen MR) is 112 cm³/mol. The molecule has 1 N–H and O–H groups in total. The van der Waals surface area contributed by atoms with E-state index < -0.39 is 6.10 Å². The average Bonchev–Trinajstić information content (AvgIpc) is 2.82. The van der Waals surface area contributed by atoms with Crippen LogP contribution in [-0.4, -0.2) is 25.7 Å². The number of fused-ring (bicyclic) bond motifs is 1. The van der Waals surface area contributed by atoms with Crippen LogP contribution < -0.4 is 24.3 Å². The lowest BCUT2D eigenvalue weighted by atomic mass is 10.2. The highest BCUT2D eigenvalue weighted by molar-refractivity contribution is 5.81. The lowest BCUT2D eigenvalue weighted by Crippen LogP contribution is -2.43. The van der Waals surface area contributed by atoms with E-state index in [0.29, 0.717) is 28.6 Å². The Balaban J connectivity index is 1.35. The maximum Gasteiger partial charge on any atom is 0.264 e. The van der Waals surface area contributed by atoms with Crippen molar-refractivity contribution >= 4 is 5.91 Å². The van der Waals surface area contributed by atoms with Gasteiger partial charge in [0.05, 0.1) is 7.11 Å². The largest absolute Gasteiger partial charge is 0.493 e. The topological polar surface area (TPSA) is 66.0 Å². The van der Waals surface area contributed by atoms with E-state index >= 15 is 0 Å². The quantitative estimate of drug-likeness (QED) is 0.625. The second-order valence-corrected chi connectivity index (χ2v) is 6.95. The van der Waals surface area contributed by atoms with Crippen LogP contribution in [0.2, 0.25) is 0 Å². The number of nitrogens with one attached hydrogen (secondary N) is 1. The van der Waals surface area contributed by atoms with Crippen LogP contribution in [0.15, 0.2) is 66.7 Å². The molecule has 1 heterocycles. The highest BCUT2D eigenvalue weighted by Gasteiger charge is 2.27. The van der Waals surface area contributed by atoms with Gasteiger partial charge in [-0.1, -0.05) is 36.4 Å². The van der Waals surface area contributed by atoms with E-state index in [1.165, 1.54) is 13.2 Å². The third kappa shape index (κ3) is 4.88. The maximum absolute atomic E-state index is 13.8. The summed E-state index contributed by atoms with van der Waals surface area (Å²) in [6.07, 6.45) is -0.722. The molecule has 6 nitrogen and oxygen atoms in total. The van der Waals surface area contributed by atoms with E-state index in [9.17, 15) is 9.18 Å². The molecular weight excluding hydrogens is 401 g/mol. The van der Waals surface area contributed by atoms with Gasteiger partial charge in [0.15, 0.2) is 23.0 Å². The van der Waals surface area contributed by atoms with Crippen LogP contribution in [0.5, 0.6) is 23.0 Å². The molecule has 7 heteroatoms. The maximum atomic E-state index is 13.8. The number of methoxy groups -OCH3 is 1. The third-order valence-corrected chi connectivity index (χ3v) is 4.84. The zero-order chi connectivity index (χ0) is 21.6. The standard InChI is InChI=1S/C24H22FNO5/c1-28-22-12-16(10-11-20(22)29-14-17-6-2-3-7-18(17)25)13-26-24(27)23-15-30-19-8-4-5-9-21(19)31-23/h2-12,23H,13-15H2,1H3,(H,26,27)/t23-/m0/s1. The Morgan fingerprint density at radius 3 is 2.65 bits per heavy atom. The number of halogens is 1. The first-order valence-electron chi connectivity index (χ1n) is 9.83. The van der Waals surface area contributed by atoms with Crippen LogP contribution >= 0.6 is 0 Å². The van der Waals surface area contributed by atoms with Gasteiger partial charge in [0, 0.05) is 12.1 Å². The first kappa shape index (κ1) is 20.5. The minimum Gasteiger partial charge on any atom is -0.493 e. The Morgan fingerprint density at radius 2 is 1.84 bits per heavy atom. The molecular formula is C24H22FNO5. The smallest absolute Gasteiger partial charge is 0.264 e. The number of carbonyl (C=O) groups excluding carboxylic acids is 1. The minimum absolute atomic E-state index is 0.0829. The molecule has 0 radical (unpaired) electrons. The SMILES string of the molecule is COc1cc(CNC(=O)[C@@H]2COc3ccccc3O2)ccc1OCc1ccccc1F. The van der Waals surface area contributed by atoms with E-state index in [1.807, 2.05) is 18.2 Å². The van der Waals surface area contributed by atoms with Gasteiger partial charge in [-0.15, -0.1) is 0 Å². The zero-order valence-electron chi connectivity index (χ0n) is 17.0. The van der Waals surface area contributed by atoms with Gasteiger partial charge in [0.25, 0.3) is 5.91 Å². The van der Waals surface area contributed by atoms with Crippen LogP contribution in [0.25, 0.3) is 0 Å². The molecule has 0 fully saturated rings. The van der Waals surface area contributed by atoms with Crippen LogP contribution in [0, 0.1) is 5.82 Å². The molecule has 0 unspecified atom stereocenters. The van der Waals surface area contributed by atoms with Crippen LogP contribution in [0.4, 0.5) is 4.39 Å². The van der Waals surface area contributed by atoms with Crippen molar-refractivity contribution in [2.24, 2.45) is 0 Å². The Hall–Kier alpha value is -3.74. The number of hydrogen-bond acceptors (Lipinski definition) is 5. The van der Waals surface area contributed by atoms with Gasteiger partial charge in [-0.25, -0.2) is 4.39 Å². The summed E-state index contributed by atoms with van der Waals surface area (Å²) in [7, 11) is 1.53. The molecule has 0 spiro atoms. The van der Waals surface area contributed by atoms with Crippen molar-refractivity contribution < 1.29 is 28.1 Å². The lowest BCUT2D eigenvalue weighted by molar-refractivity contribution is -0.130. The van der Waals surface area contributed by atoms with E-state index in [1.54, 1.807) is 42.5 Å². The van der Waals surface area contributed by atoms with Crippen molar-refractivity contribution in [1.82, 2.24) is 5.32 Å². The van der Waals surface area contributed by atoms with Crippen LogP contribution in [0.1, 0.15) is 11.1 Å². The van der Waals surface area contributed by atoms with Crippen molar-refractivity contribution in [3.8, 4) is 23.0 Å². The van der Waals surface area contributed by atoms with Gasteiger partial charge in [-0.05, 0) is 35.9 Å². The molecule has 0 bridgehead atoms. The highest BCUT2D eigenvalue weighted by atomic mass is 19.1. The number of ether oxygens (including phenoxy) is 4. The van der Waals surface area contributed by atoms with E-state index in [4.69, 9.17) is 18.9 Å². The summed E-state index contributed by atoms with van der Waals surface area (Å²) in [5, 5.41) is 2.85. The minimum atomic E-state index is -0.722.